The summed E-state index contributed by atoms with van der Waals surface area (Å²) in [7, 11) is 0. The maximum absolute atomic E-state index is 11.9. The quantitative estimate of drug-likeness (QED) is 0.490. The first-order valence-corrected chi connectivity index (χ1v) is 8.76. The number of esters is 2. The first-order valence-electron chi connectivity index (χ1n) is 8.76. The van der Waals surface area contributed by atoms with Gasteiger partial charge in [0.05, 0.1) is 32.5 Å². The molecular formula is C17H22O9. The van der Waals surface area contributed by atoms with Crippen LogP contribution in [0.4, 0.5) is 0 Å². The lowest BCUT2D eigenvalue weighted by atomic mass is 10.0. The Hall–Kier alpha value is -1.52. The lowest BCUT2D eigenvalue weighted by Gasteiger charge is -2.16. The van der Waals surface area contributed by atoms with Crippen molar-refractivity contribution in [1.29, 1.82) is 0 Å². The molecule has 0 radical (unpaired) electrons. The highest BCUT2D eigenvalue weighted by molar-refractivity contribution is 5.91. The molecule has 0 saturated carbocycles. The number of aliphatic hydroxyl groups excluding tert-OH is 1. The van der Waals surface area contributed by atoms with Gasteiger partial charge in [-0.2, -0.15) is 0 Å². The van der Waals surface area contributed by atoms with Crippen molar-refractivity contribution < 1.29 is 43.1 Å². The largest absolute Gasteiger partial charge is 0.454 e. The minimum Gasteiger partial charge on any atom is -0.454 e. The summed E-state index contributed by atoms with van der Waals surface area (Å²) in [5.74, 6) is -1.09. The van der Waals surface area contributed by atoms with E-state index in [4.69, 9.17) is 28.4 Å². The Morgan fingerprint density at radius 3 is 1.96 bits per heavy atom. The summed E-state index contributed by atoms with van der Waals surface area (Å²) >= 11 is 0. The summed E-state index contributed by atoms with van der Waals surface area (Å²) < 4.78 is 32.5. The maximum atomic E-state index is 11.9. The Morgan fingerprint density at radius 2 is 1.31 bits per heavy atom. The molecule has 1 N–H and O–H groups in total. The topological polar surface area (TPSA) is 110 Å². The van der Waals surface area contributed by atoms with Gasteiger partial charge in [0.1, 0.15) is 24.4 Å². The van der Waals surface area contributed by atoms with Gasteiger partial charge in [-0.25, -0.2) is 9.59 Å². The number of ether oxygens (including phenoxy) is 6. The van der Waals surface area contributed by atoms with Crippen molar-refractivity contribution in [3.05, 3.63) is 12.2 Å². The van der Waals surface area contributed by atoms with E-state index in [-0.39, 0.29) is 37.9 Å². The Morgan fingerprint density at radius 1 is 0.808 bits per heavy atom. The first kappa shape index (κ1) is 17.9. The van der Waals surface area contributed by atoms with E-state index in [0.29, 0.717) is 6.61 Å². The van der Waals surface area contributed by atoms with Gasteiger partial charge < -0.3 is 33.5 Å². The predicted molar refractivity (Wildman–Crippen MR) is 83.0 cm³/mol. The summed E-state index contributed by atoms with van der Waals surface area (Å²) in [5.41, 5.74) is 0. The highest BCUT2D eigenvalue weighted by atomic mass is 16.6. The molecular weight excluding hydrogens is 348 g/mol. The Bertz CT molecular complexity index is 541. The minimum atomic E-state index is -0.716. The number of carbonyl (C=O) groups excluding carboxylic acids is 2. The normalized spacial score (nSPS) is 44.2. The monoisotopic (exact) mass is 370 g/mol. The van der Waals surface area contributed by atoms with Crippen LogP contribution in [-0.4, -0.2) is 86.2 Å². The van der Waals surface area contributed by atoms with Crippen molar-refractivity contribution in [2.24, 2.45) is 5.92 Å². The summed E-state index contributed by atoms with van der Waals surface area (Å²) in [6.07, 6.45) is -1.05. The summed E-state index contributed by atoms with van der Waals surface area (Å²) in [6, 6.07) is 0. The van der Waals surface area contributed by atoms with Gasteiger partial charge in [0.2, 0.25) is 0 Å². The van der Waals surface area contributed by atoms with Gasteiger partial charge in [0.25, 0.3) is 0 Å². The van der Waals surface area contributed by atoms with E-state index < -0.39 is 42.5 Å². The van der Waals surface area contributed by atoms with Crippen LogP contribution in [0, 0.1) is 5.92 Å². The van der Waals surface area contributed by atoms with Gasteiger partial charge in [0, 0.05) is 18.1 Å². The zero-order valence-electron chi connectivity index (χ0n) is 14.3. The lowest BCUT2D eigenvalue weighted by Crippen LogP contribution is -2.34. The van der Waals surface area contributed by atoms with Crippen molar-refractivity contribution in [2.45, 2.75) is 49.7 Å². The fourth-order valence-electron chi connectivity index (χ4n) is 3.81. The molecule has 0 spiro atoms. The smallest absolute Gasteiger partial charge is 0.331 e. The summed E-state index contributed by atoms with van der Waals surface area (Å²) in [6.45, 7) is 3.18. The third kappa shape index (κ3) is 3.37. The van der Waals surface area contributed by atoms with Crippen molar-refractivity contribution in [3.8, 4) is 0 Å². The van der Waals surface area contributed by atoms with Crippen molar-refractivity contribution in [1.82, 2.24) is 0 Å². The fourth-order valence-corrected chi connectivity index (χ4v) is 3.81. The fraction of sp³-hybridized carbons (Fsp3) is 0.765. The van der Waals surface area contributed by atoms with E-state index in [1.807, 2.05) is 6.92 Å². The molecule has 0 unspecified atom stereocenters. The molecule has 144 valence electrons. The van der Waals surface area contributed by atoms with E-state index in [1.54, 1.807) is 0 Å². The van der Waals surface area contributed by atoms with Crippen LogP contribution >= 0.6 is 0 Å². The van der Waals surface area contributed by atoms with Crippen molar-refractivity contribution in [3.63, 3.8) is 0 Å². The first-order chi connectivity index (χ1) is 12.5. The number of hydrogen-bond donors (Lipinski definition) is 1. The molecule has 4 fully saturated rings. The number of carbonyl (C=O) groups is 2. The third-order valence-corrected chi connectivity index (χ3v) is 5.13. The molecule has 4 aliphatic rings. The standard InChI is InChI=1S/C17H22O9/c1-8-4-21-16-10(6-23-14(8)16)25-12(19)2-3-13(20)26-11-7-24-15-9(18)5-22-17(11)15/h2-3,8-11,14-18H,4-7H2,1H3/t8-,9+,10+,11-,14+,15+,16+,17+/m0/s1. The summed E-state index contributed by atoms with van der Waals surface area (Å²) in [4.78, 5) is 23.8. The van der Waals surface area contributed by atoms with Gasteiger partial charge in [-0.05, 0) is 0 Å². The van der Waals surface area contributed by atoms with Gasteiger partial charge in [0.15, 0.2) is 12.2 Å². The second kappa shape index (κ2) is 7.24. The van der Waals surface area contributed by atoms with E-state index >= 15 is 0 Å². The van der Waals surface area contributed by atoms with Crippen LogP contribution < -0.4 is 0 Å². The number of rotatable bonds is 4. The average molecular weight is 370 g/mol. The Kier molecular flexibility index (Phi) is 4.98. The average Bonchev–Trinajstić information content (AvgIpc) is 3.35. The molecule has 4 heterocycles. The number of fused-ring (bicyclic) bond motifs is 2. The van der Waals surface area contributed by atoms with Crippen LogP contribution in [0.25, 0.3) is 0 Å². The highest BCUT2D eigenvalue weighted by Gasteiger charge is 2.49. The third-order valence-electron chi connectivity index (χ3n) is 5.13. The van der Waals surface area contributed by atoms with Gasteiger partial charge >= 0.3 is 11.9 Å². The van der Waals surface area contributed by atoms with Crippen LogP contribution in [0.3, 0.4) is 0 Å². The molecule has 9 heteroatoms. The van der Waals surface area contributed by atoms with Gasteiger partial charge in [-0.1, -0.05) is 6.92 Å². The van der Waals surface area contributed by atoms with Crippen molar-refractivity contribution >= 4 is 11.9 Å². The second-order valence-corrected chi connectivity index (χ2v) is 7.02. The number of hydrogen-bond acceptors (Lipinski definition) is 9. The SMILES string of the molecule is C[C@H]1CO[C@H]2[C@@H]1OC[C@H]2OC(=O)C=CC(=O)O[C@H]1CO[C@H]2[C@@H]1OC[C@H]2O. The lowest BCUT2D eigenvalue weighted by molar-refractivity contribution is -0.150. The second-order valence-electron chi connectivity index (χ2n) is 7.02. The van der Waals surface area contributed by atoms with E-state index in [2.05, 4.69) is 0 Å². The molecule has 8 atom stereocenters. The molecule has 0 amide bonds. The molecule has 0 aromatic heterocycles. The summed E-state index contributed by atoms with van der Waals surface area (Å²) in [5, 5.41) is 9.66. The molecule has 4 aliphatic heterocycles. The molecule has 4 rings (SSSR count). The van der Waals surface area contributed by atoms with E-state index in [9.17, 15) is 14.7 Å². The van der Waals surface area contributed by atoms with Gasteiger partial charge in [-0.3, -0.25) is 0 Å². The molecule has 4 saturated heterocycles. The van der Waals surface area contributed by atoms with Crippen LogP contribution in [0.2, 0.25) is 0 Å². The van der Waals surface area contributed by atoms with E-state index in [1.165, 1.54) is 0 Å². The Labute approximate surface area is 150 Å². The minimum absolute atomic E-state index is 0.0566. The Balaban J connectivity index is 1.24. The van der Waals surface area contributed by atoms with E-state index in [0.717, 1.165) is 12.2 Å². The maximum Gasteiger partial charge on any atom is 0.331 e. The molecule has 9 nitrogen and oxygen atoms in total. The highest BCUT2D eigenvalue weighted by Crippen LogP contribution is 2.32. The van der Waals surface area contributed by atoms with Crippen LogP contribution in [0.1, 0.15) is 6.92 Å². The van der Waals surface area contributed by atoms with Crippen LogP contribution in [0.5, 0.6) is 0 Å². The molecule has 0 aromatic carbocycles. The van der Waals surface area contributed by atoms with Crippen molar-refractivity contribution in [2.75, 3.05) is 26.4 Å². The zero-order chi connectivity index (χ0) is 18.3. The molecule has 0 aliphatic carbocycles. The number of aliphatic hydroxyl groups is 1. The molecule has 0 aromatic rings. The van der Waals surface area contributed by atoms with Gasteiger partial charge in [-0.15, -0.1) is 0 Å². The van der Waals surface area contributed by atoms with Crippen LogP contribution in [-0.2, 0) is 38.0 Å². The predicted octanol–water partition coefficient (Wildman–Crippen LogP) is -1.04. The molecule has 26 heavy (non-hydrogen) atoms. The zero-order valence-corrected chi connectivity index (χ0v) is 14.3. The molecule has 0 bridgehead atoms. The van der Waals surface area contributed by atoms with Crippen LogP contribution in [0.15, 0.2) is 12.2 Å².